The second kappa shape index (κ2) is 6.30. The van der Waals surface area contributed by atoms with Gasteiger partial charge in [-0.25, -0.2) is 4.98 Å². The van der Waals surface area contributed by atoms with Gasteiger partial charge in [0.2, 0.25) is 0 Å². The number of hydrogen-bond donors (Lipinski definition) is 1. The summed E-state index contributed by atoms with van der Waals surface area (Å²) in [5, 5.41) is 3.14. The molecule has 1 N–H and O–H groups in total. The molecule has 0 bridgehead atoms. The molecule has 0 aliphatic carbocycles. The number of nitrogens with zero attached hydrogens (tertiary/aromatic N) is 1. The lowest BCUT2D eigenvalue weighted by molar-refractivity contribution is 0.412. The molecule has 3 nitrogen and oxygen atoms in total. The molecule has 0 amide bonds. The van der Waals surface area contributed by atoms with Gasteiger partial charge >= 0.3 is 0 Å². The summed E-state index contributed by atoms with van der Waals surface area (Å²) >= 11 is 2.02. The number of rotatable bonds is 5. The van der Waals surface area contributed by atoms with Gasteiger partial charge in [0.25, 0.3) is 0 Å². The van der Waals surface area contributed by atoms with Gasteiger partial charge in [0.1, 0.15) is 5.76 Å². The van der Waals surface area contributed by atoms with E-state index in [1.807, 2.05) is 25.0 Å². The molecule has 0 aromatic carbocycles. The molecular formula is C12H20N2OS. The zero-order valence-electron chi connectivity index (χ0n) is 9.87. The molecule has 1 aromatic rings. The van der Waals surface area contributed by atoms with Crippen LogP contribution in [0.15, 0.2) is 10.6 Å². The highest BCUT2D eigenvalue weighted by atomic mass is 32.2. The summed E-state index contributed by atoms with van der Waals surface area (Å²) in [6, 6.07) is 0. The van der Waals surface area contributed by atoms with Crippen LogP contribution in [0.4, 0.5) is 0 Å². The van der Waals surface area contributed by atoms with E-state index in [1.165, 1.54) is 24.3 Å². The minimum Gasteiger partial charge on any atom is -0.445 e. The first-order valence-electron chi connectivity index (χ1n) is 6.07. The Morgan fingerprint density at radius 3 is 3.31 bits per heavy atom. The number of thioether (sulfide) groups is 1. The van der Waals surface area contributed by atoms with Crippen molar-refractivity contribution in [2.24, 2.45) is 0 Å². The van der Waals surface area contributed by atoms with Crippen molar-refractivity contribution in [3.8, 4) is 0 Å². The zero-order chi connectivity index (χ0) is 11.2. The molecule has 4 heteroatoms. The normalized spacial score (nSPS) is 21.2. The summed E-state index contributed by atoms with van der Waals surface area (Å²) in [4.78, 5) is 4.42. The fourth-order valence-corrected chi connectivity index (χ4v) is 3.13. The summed E-state index contributed by atoms with van der Waals surface area (Å²) in [5.41, 5.74) is 0. The molecule has 1 fully saturated rings. The molecule has 0 spiro atoms. The van der Waals surface area contributed by atoms with Crippen LogP contribution in [0, 0.1) is 0 Å². The van der Waals surface area contributed by atoms with Gasteiger partial charge in [-0.15, -0.1) is 0 Å². The third-order valence-corrected chi connectivity index (χ3v) is 4.15. The van der Waals surface area contributed by atoms with E-state index in [1.54, 1.807) is 0 Å². The van der Waals surface area contributed by atoms with Crippen molar-refractivity contribution in [3.05, 3.63) is 17.8 Å². The van der Waals surface area contributed by atoms with Crippen molar-refractivity contribution in [1.82, 2.24) is 10.3 Å². The van der Waals surface area contributed by atoms with Gasteiger partial charge in [-0.2, -0.15) is 11.8 Å². The Labute approximate surface area is 101 Å². The van der Waals surface area contributed by atoms with Crippen LogP contribution >= 0.6 is 11.8 Å². The maximum Gasteiger partial charge on any atom is 0.198 e. The van der Waals surface area contributed by atoms with Crippen LogP contribution in [0.25, 0.3) is 0 Å². The van der Waals surface area contributed by atoms with Gasteiger partial charge in [0.15, 0.2) is 5.89 Å². The SMILES string of the molecule is CNCCCc1cnc(C2CCCSC2)o1. The van der Waals surface area contributed by atoms with Gasteiger partial charge in [-0.1, -0.05) is 0 Å². The third kappa shape index (κ3) is 3.25. The topological polar surface area (TPSA) is 38.1 Å². The highest BCUT2D eigenvalue weighted by Gasteiger charge is 2.20. The maximum absolute atomic E-state index is 5.82. The molecule has 1 atom stereocenters. The van der Waals surface area contributed by atoms with Crippen molar-refractivity contribution in [2.75, 3.05) is 25.1 Å². The van der Waals surface area contributed by atoms with E-state index < -0.39 is 0 Å². The van der Waals surface area contributed by atoms with E-state index in [2.05, 4.69) is 10.3 Å². The van der Waals surface area contributed by atoms with E-state index >= 15 is 0 Å². The Kier molecular flexibility index (Phi) is 4.72. The molecule has 16 heavy (non-hydrogen) atoms. The summed E-state index contributed by atoms with van der Waals surface area (Å²) < 4.78 is 5.82. The number of aromatic nitrogens is 1. The molecule has 2 heterocycles. The molecule has 1 saturated heterocycles. The lowest BCUT2D eigenvalue weighted by atomic mass is 10.1. The third-order valence-electron chi connectivity index (χ3n) is 2.93. The smallest absolute Gasteiger partial charge is 0.198 e. The Hall–Kier alpha value is -0.480. The van der Waals surface area contributed by atoms with Gasteiger partial charge < -0.3 is 9.73 Å². The van der Waals surface area contributed by atoms with Gasteiger partial charge in [0.05, 0.1) is 6.20 Å². The van der Waals surface area contributed by atoms with Crippen LogP contribution in [0.2, 0.25) is 0 Å². The molecule has 1 unspecified atom stereocenters. The second-order valence-electron chi connectivity index (χ2n) is 4.29. The molecule has 0 saturated carbocycles. The average Bonchev–Trinajstić information content (AvgIpc) is 2.79. The summed E-state index contributed by atoms with van der Waals surface area (Å²) in [6.45, 7) is 1.04. The van der Waals surface area contributed by atoms with Gasteiger partial charge in [0, 0.05) is 18.1 Å². The first-order valence-corrected chi connectivity index (χ1v) is 7.22. The van der Waals surface area contributed by atoms with E-state index in [-0.39, 0.29) is 0 Å². The highest BCUT2D eigenvalue weighted by molar-refractivity contribution is 7.99. The van der Waals surface area contributed by atoms with Crippen LogP contribution in [-0.2, 0) is 6.42 Å². The van der Waals surface area contributed by atoms with Gasteiger partial charge in [-0.05, 0) is 38.6 Å². The molecular weight excluding hydrogens is 220 g/mol. The minimum absolute atomic E-state index is 0.553. The summed E-state index contributed by atoms with van der Waals surface area (Å²) in [6.07, 6.45) is 6.55. The molecule has 1 aliphatic rings. The molecule has 1 aromatic heterocycles. The lowest BCUT2D eigenvalue weighted by Crippen LogP contribution is -2.09. The predicted octanol–water partition coefficient (Wildman–Crippen LogP) is 2.44. The van der Waals surface area contributed by atoms with E-state index in [0.717, 1.165) is 31.0 Å². The van der Waals surface area contributed by atoms with Crippen molar-refractivity contribution >= 4 is 11.8 Å². The number of hydrogen-bond acceptors (Lipinski definition) is 4. The standard InChI is InChI=1S/C12H20N2OS/c1-13-6-2-5-11-8-14-12(15-11)10-4-3-7-16-9-10/h8,10,13H,2-7,9H2,1H3. The Bertz CT molecular complexity index is 308. The number of oxazole rings is 1. The fourth-order valence-electron chi connectivity index (χ4n) is 2.00. The monoisotopic (exact) mass is 240 g/mol. The van der Waals surface area contributed by atoms with Crippen LogP contribution < -0.4 is 5.32 Å². The molecule has 90 valence electrons. The number of aryl methyl sites for hydroxylation is 1. The second-order valence-corrected chi connectivity index (χ2v) is 5.44. The van der Waals surface area contributed by atoms with E-state index in [4.69, 9.17) is 4.42 Å². The van der Waals surface area contributed by atoms with Crippen molar-refractivity contribution in [2.45, 2.75) is 31.6 Å². The number of nitrogens with one attached hydrogen (secondary N) is 1. The summed E-state index contributed by atoms with van der Waals surface area (Å²) in [7, 11) is 1.98. The van der Waals surface area contributed by atoms with Gasteiger partial charge in [-0.3, -0.25) is 0 Å². The van der Waals surface area contributed by atoms with Crippen LogP contribution in [0.1, 0.15) is 36.8 Å². The van der Waals surface area contributed by atoms with E-state index in [9.17, 15) is 0 Å². The quantitative estimate of drug-likeness (QED) is 0.802. The molecule has 0 radical (unpaired) electrons. The highest BCUT2D eigenvalue weighted by Crippen LogP contribution is 2.30. The predicted molar refractivity (Wildman–Crippen MR) is 68.1 cm³/mol. The minimum atomic E-state index is 0.553. The van der Waals surface area contributed by atoms with Crippen LogP contribution in [0.3, 0.4) is 0 Å². The fraction of sp³-hybridized carbons (Fsp3) is 0.750. The first kappa shape index (κ1) is 12.0. The van der Waals surface area contributed by atoms with Crippen LogP contribution in [-0.4, -0.2) is 30.1 Å². The largest absolute Gasteiger partial charge is 0.445 e. The first-order chi connectivity index (χ1) is 7.90. The van der Waals surface area contributed by atoms with Crippen LogP contribution in [0.5, 0.6) is 0 Å². The van der Waals surface area contributed by atoms with Crippen molar-refractivity contribution in [1.29, 1.82) is 0 Å². The molecule has 1 aliphatic heterocycles. The Balaban J connectivity index is 1.85. The zero-order valence-corrected chi connectivity index (χ0v) is 10.7. The Morgan fingerprint density at radius 2 is 2.56 bits per heavy atom. The van der Waals surface area contributed by atoms with E-state index in [0.29, 0.717) is 5.92 Å². The lowest BCUT2D eigenvalue weighted by Gasteiger charge is -2.17. The Morgan fingerprint density at radius 1 is 1.62 bits per heavy atom. The maximum atomic E-state index is 5.82. The van der Waals surface area contributed by atoms with Crippen molar-refractivity contribution < 1.29 is 4.42 Å². The summed E-state index contributed by atoms with van der Waals surface area (Å²) in [5.74, 6) is 5.03. The van der Waals surface area contributed by atoms with Crippen molar-refractivity contribution in [3.63, 3.8) is 0 Å². The average molecular weight is 240 g/mol. The molecule has 2 rings (SSSR count).